The van der Waals surface area contributed by atoms with E-state index in [4.69, 9.17) is 9.47 Å². The first-order valence-electron chi connectivity index (χ1n) is 32.1. The van der Waals surface area contributed by atoms with Crippen molar-refractivity contribution in [3.05, 3.63) is 187 Å². The third kappa shape index (κ3) is 9.35. The van der Waals surface area contributed by atoms with Crippen LogP contribution in [-0.2, 0) is 25.7 Å². The van der Waals surface area contributed by atoms with Gasteiger partial charge in [0, 0.05) is 38.5 Å². The van der Waals surface area contributed by atoms with Gasteiger partial charge >= 0.3 is 0 Å². The SMILES string of the molecule is CCCCC1(CCCC)c2ccccc2-c2ccc(C3=C(OC(C)C)C(=O)c4cc5c(cc4C3=O)-c3cc4c(cc3C5(CCCC)CCCC)C(=O)C(OC(C)C)=C(c3ccc5c(c3)C(CCCC)(CCCC)c3ccccc3-5)C4=O)cc21. The first-order chi connectivity index (χ1) is 40.2. The molecule has 5 aliphatic carbocycles. The predicted molar refractivity (Wildman–Crippen MR) is 339 cm³/mol. The fourth-order valence-corrected chi connectivity index (χ4v) is 15.6. The van der Waals surface area contributed by atoms with Crippen LogP contribution in [0.15, 0.2) is 121 Å². The summed E-state index contributed by atoms with van der Waals surface area (Å²) in [5.74, 6) is -0.909. The molecule has 6 aromatic carbocycles. The zero-order valence-electron chi connectivity index (χ0n) is 51.2. The summed E-state index contributed by atoms with van der Waals surface area (Å²) in [7, 11) is 0. The molecule has 0 radical (unpaired) electrons. The Balaban J connectivity index is 1.09. The van der Waals surface area contributed by atoms with Crippen molar-refractivity contribution < 1.29 is 28.7 Å². The normalized spacial score (nSPS) is 16.5. The smallest absolute Gasteiger partial charge is 0.229 e. The van der Waals surface area contributed by atoms with E-state index in [1.165, 1.54) is 44.5 Å². The van der Waals surface area contributed by atoms with Crippen LogP contribution in [0.3, 0.4) is 0 Å². The van der Waals surface area contributed by atoms with Gasteiger partial charge in [0.05, 0.1) is 23.4 Å². The minimum absolute atomic E-state index is 0.0928. The van der Waals surface area contributed by atoms with Crippen molar-refractivity contribution in [2.75, 3.05) is 0 Å². The molecule has 6 aromatic rings. The molecule has 11 rings (SSSR count). The third-order valence-electron chi connectivity index (χ3n) is 19.5. The van der Waals surface area contributed by atoms with Gasteiger partial charge in [-0.25, -0.2) is 0 Å². The van der Waals surface area contributed by atoms with Gasteiger partial charge in [-0.05, 0) is 181 Å². The number of hydrogen-bond acceptors (Lipinski definition) is 6. The molecule has 0 unspecified atom stereocenters. The lowest BCUT2D eigenvalue weighted by Gasteiger charge is -2.34. The first-order valence-corrected chi connectivity index (χ1v) is 32.1. The van der Waals surface area contributed by atoms with Gasteiger partial charge in [0.1, 0.15) is 0 Å². The standard InChI is InChI=1S/C77H86O6/c1-11-17-35-75(36-18-12-2)61-29-25-23-27-51(61)53-33-31-49(41-63(53)75)67-69(78)57-43-55-56-44-58-60(46-66(56)77(39-21-15-5,40-22-16-6)65(55)45-59(57)71(80)73(67)82-47(7)8)72(81)74(83-48(9)10)68(70(58)79)50-32-34-54-52-28-24-26-30-62(52)76(37-19-13-3,38-20-14-4)64(54)42-50/h23-34,41-48H,11-22,35-40H2,1-10H3. The molecule has 6 nitrogen and oxygen atoms in total. The second kappa shape index (κ2) is 23.3. The zero-order chi connectivity index (χ0) is 58.5. The van der Waals surface area contributed by atoms with Gasteiger partial charge in [-0.1, -0.05) is 191 Å². The average Bonchev–Trinajstić information content (AvgIpc) is 1.74. The molecular formula is C77H86O6. The number of rotatable bonds is 24. The Kier molecular flexibility index (Phi) is 16.2. The molecule has 0 aromatic heterocycles. The second-order valence-electron chi connectivity index (χ2n) is 25.4. The molecule has 0 fully saturated rings. The summed E-state index contributed by atoms with van der Waals surface area (Å²) < 4.78 is 13.2. The Hall–Kier alpha value is -6.92. The molecule has 0 atom stereocenters. The Labute approximate surface area is 494 Å². The monoisotopic (exact) mass is 1110 g/mol. The van der Waals surface area contributed by atoms with Crippen molar-refractivity contribution in [2.45, 2.75) is 213 Å². The minimum Gasteiger partial charge on any atom is -0.486 e. The van der Waals surface area contributed by atoms with Gasteiger partial charge in [-0.3, -0.25) is 19.2 Å². The molecule has 0 spiro atoms. The fraction of sp³-hybridized carbons (Fsp3) is 0.429. The number of unbranched alkanes of at least 4 members (excludes halogenated alkanes) is 6. The topological polar surface area (TPSA) is 86.7 Å². The van der Waals surface area contributed by atoms with Crippen LogP contribution in [-0.4, -0.2) is 35.3 Å². The molecule has 0 N–H and O–H groups in total. The van der Waals surface area contributed by atoms with Crippen LogP contribution < -0.4 is 0 Å². The Morgan fingerprint density at radius 3 is 0.928 bits per heavy atom. The van der Waals surface area contributed by atoms with Gasteiger partial charge < -0.3 is 9.47 Å². The van der Waals surface area contributed by atoms with Crippen LogP contribution in [0.4, 0.5) is 0 Å². The third-order valence-corrected chi connectivity index (χ3v) is 19.5. The maximum Gasteiger partial charge on any atom is 0.229 e. The van der Waals surface area contributed by atoms with E-state index in [1.807, 2.05) is 64.1 Å². The lowest BCUT2D eigenvalue weighted by atomic mass is 9.69. The fourth-order valence-electron chi connectivity index (χ4n) is 15.6. The summed E-state index contributed by atoms with van der Waals surface area (Å²) in [6.45, 7) is 21.1. The van der Waals surface area contributed by atoms with Crippen LogP contribution in [0.1, 0.15) is 271 Å². The first kappa shape index (κ1) is 57.9. The van der Waals surface area contributed by atoms with Gasteiger partial charge in [0.25, 0.3) is 0 Å². The number of hydrogen-bond donors (Lipinski definition) is 0. The van der Waals surface area contributed by atoms with Crippen LogP contribution in [0.2, 0.25) is 0 Å². The van der Waals surface area contributed by atoms with Gasteiger partial charge in [0.2, 0.25) is 11.6 Å². The Morgan fingerprint density at radius 1 is 0.313 bits per heavy atom. The molecular weight excluding hydrogens is 1020 g/mol. The van der Waals surface area contributed by atoms with E-state index in [9.17, 15) is 0 Å². The van der Waals surface area contributed by atoms with Gasteiger partial charge in [-0.2, -0.15) is 0 Å². The highest BCUT2D eigenvalue weighted by Crippen LogP contribution is 2.60. The van der Waals surface area contributed by atoms with Crippen molar-refractivity contribution in [3.63, 3.8) is 0 Å². The largest absolute Gasteiger partial charge is 0.486 e. The van der Waals surface area contributed by atoms with E-state index in [2.05, 4.69) is 114 Å². The van der Waals surface area contributed by atoms with Crippen LogP contribution >= 0.6 is 0 Å². The highest BCUT2D eigenvalue weighted by Gasteiger charge is 2.50. The van der Waals surface area contributed by atoms with E-state index in [1.54, 1.807) is 0 Å². The lowest BCUT2D eigenvalue weighted by Crippen LogP contribution is -2.29. The van der Waals surface area contributed by atoms with Crippen molar-refractivity contribution in [1.82, 2.24) is 0 Å². The van der Waals surface area contributed by atoms with E-state index >= 15 is 19.2 Å². The number of benzene rings is 6. The van der Waals surface area contributed by atoms with Crippen LogP contribution in [0, 0.1) is 0 Å². The quantitative estimate of drug-likeness (QED) is 0.0600. The number of ketones is 4. The van der Waals surface area contributed by atoms with Crippen LogP contribution in [0.5, 0.6) is 0 Å². The zero-order valence-corrected chi connectivity index (χ0v) is 51.2. The number of fused-ring (bicyclic) bond motifs is 11. The van der Waals surface area contributed by atoms with Crippen molar-refractivity contribution in [2.24, 2.45) is 0 Å². The van der Waals surface area contributed by atoms with E-state index in [-0.39, 0.29) is 57.7 Å². The maximum atomic E-state index is 16.0. The lowest BCUT2D eigenvalue weighted by molar-refractivity contribution is 0.0820. The van der Waals surface area contributed by atoms with Gasteiger partial charge in [0.15, 0.2) is 23.1 Å². The van der Waals surface area contributed by atoms with Crippen molar-refractivity contribution in [1.29, 1.82) is 0 Å². The molecule has 0 bridgehead atoms. The molecule has 0 aliphatic heterocycles. The molecule has 0 amide bonds. The van der Waals surface area contributed by atoms with E-state index < -0.39 is 5.41 Å². The van der Waals surface area contributed by atoms with Crippen molar-refractivity contribution in [3.8, 4) is 33.4 Å². The number of Topliss-reactive ketones (excluding diaryl/α,β-unsaturated/α-hetero) is 4. The summed E-state index contributed by atoms with van der Waals surface area (Å²) in [6.07, 6.45) is 17.0. The molecule has 430 valence electrons. The van der Waals surface area contributed by atoms with Crippen LogP contribution in [0.25, 0.3) is 44.5 Å². The summed E-state index contributed by atoms with van der Waals surface area (Å²) in [4.78, 5) is 63.2. The number of allylic oxidation sites excluding steroid dienone is 4. The molecule has 5 aliphatic rings. The Morgan fingerprint density at radius 2 is 0.602 bits per heavy atom. The summed E-state index contributed by atoms with van der Waals surface area (Å²) >= 11 is 0. The van der Waals surface area contributed by atoms with E-state index in [0.717, 1.165) is 138 Å². The number of carbonyl (C=O) groups is 4. The number of ether oxygens (including phenoxy) is 2. The summed E-state index contributed by atoms with van der Waals surface area (Å²) in [6, 6.07) is 38.4. The summed E-state index contributed by atoms with van der Waals surface area (Å²) in [5, 5.41) is 0. The predicted octanol–water partition coefficient (Wildman–Crippen LogP) is 20.1. The second-order valence-corrected chi connectivity index (χ2v) is 25.4. The molecule has 6 heteroatoms. The highest BCUT2D eigenvalue weighted by atomic mass is 16.5. The number of carbonyl (C=O) groups excluding carboxylic acids is 4. The molecule has 0 heterocycles. The molecule has 0 saturated heterocycles. The van der Waals surface area contributed by atoms with Crippen molar-refractivity contribution >= 4 is 34.3 Å². The Bertz CT molecular complexity index is 3390. The molecule has 83 heavy (non-hydrogen) atoms. The summed E-state index contributed by atoms with van der Waals surface area (Å²) in [5.41, 5.74) is 15.9. The maximum absolute atomic E-state index is 16.0. The van der Waals surface area contributed by atoms with E-state index in [0.29, 0.717) is 44.5 Å². The average molecular weight is 1110 g/mol. The minimum atomic E-state index is -0.607. The highest BCUT2D eigenvalue weighted by molar-refractivity contribution is 6.41. The van der Waals surface area contributed by atoms with Gasteiger partial charge in [-0.15, -0.1) is 0 Å². The molecule has 0 saturated carbocycles.